The Balaban J connectivity index is 1.75. The van der Waals surface area contributed by atoms with E-state index >= 15 is 0 Å². The zero-order valence-corrected chi connectivity index (χ0v) is 14.9. The maximum Gasteiger partial charge on any atom is 0.416 e. The quantitative estimate of drug-likeness (QED) is 0.624. The van der Waals surface area contributed by atoms with Crippen LogP contribution in [0.15, 0.2) is 54.6 Å². The third kappa shape index (κ3) is 5.20. The van der Waals surface area contributed by atoms with E-state index in [0.717, 1.165) is 23.3 Å². The van der Waals surface area contributed by atoms with Gasteiger partial charge in [0.15, 0.2) is 0 Å². The Morgan fingerprint density at radius 1 is 0.926 bits per heavy atom. The Hall–Kier alpha value is -3.09. The Morgan fingerprint density at radius 3 is 2.44 bits per heavy atom. The Bertz CT molecular complexity index is 939. The third-order valence-corrected chi connectivity index (χ3v) is 3.85. The van der Waals surface area contributed by atoms with Crippen LogP contribution in [0, 0.1) is 13.8 Å². The van der Waals surface area contributed by atoms with Crippen LogP contribution in [0.25, 0.3) is 0 Å². The first-order valence-electron chi connectivity index (χ1n) is 8.39. The van der Waals surface area contributed by atoms with Gasteiger partial charge >= 0.3 is 6.18 Å². The van der Waals surface area contributed by atoms with Crippen molar-refractivity contribution in [1.82, 2.24) is 9.97 Å². The number of benzene rings is 2. The smallest absolute Gasteiger partial charge is 0.350 e. The number of nitrogens with one attached hydrogen (secondary N) is 2. The summed E-state index contributed by atoms with van der Waals surface area (Å²) in [6.07, 6.45) is -4.39. The predicted molar refractivity (Wildman–Crippen MR) is 100 cm³/mol. The van der Waals surface area contributed by atoms with Gasteiger partial charge in [0.2, 0.25) is 5.95 Å². The lowest BCUT2D eigenvalue weighted by Crippen LogP contribution is -2.07. The van der Waals surface area contributed by atoms with E-state index in [0.29, 0.717) is 29.7 Å². The van der Waals surface area contributed by atoms with E-state index in [9.17, 15) is 13.2 Å². The summed E-state index contributed by atoms with van der Waals surface area (Å²) in [6.45, 7) is 4.37. The van der Waals surface area contributed by atoms with Crippen molar-refractivity contribution in [2.75, 3.05) is 10.6 Å². The SMILES string of the molecule is Cc1cccc(CNc2nc(C)cc(Nc3cccc(C(F)(F)F)c3)n2)c1. The minimum atomic E-state index is -4.39. The van der Waals surface area contributed by atoms with Gasteiger partial charge < -0.3 is 10.6 Å². The van der Waals surface area contributed by atoms with Gasteiger partial charge in [-0.25, -0.2) is 4.98 Å². The van der Waals surface area contributed by atoms with Crippen LogP contribution in [-0.4, -0.2) is 9.97 Å². The average Bonchev–Trinajstić information content (AvgIpc) is 2.59. The first-order chi connectivity index (χ1) is 12.8. The van der Waals surface area contributed by atoms with Crippen LogP contribution < -0.4 is 10.6 Å². The molecule has 3 aromatic rings. The molecule has 1 heterocycles. The minimum absolute atomic E-state index is 0.313. The maximum absolute atomic E-state index is 12.9. The summed E-state index contributed by atoms with van der Waals surface area (Å²) >= 11 is 0. The zero-order chi connectivity index (χ0) is 19.4. The van der Waals surface area contributed by atoms with Crippen molar-refractivity contribution in [3.05, 3.63) is 77.0 Å². The fourth-order valence-corrected chi connectivity index (χ4v) is 2.64. The van der Waals surface area contributed by atoms with Crippen molar-refractivity contribution in [3.8, 4) is 0 Å². The van der Waals surface area contributed by atoms with Crippen molar-refractivity contribution in [3.63, 3.8) is 0 Å². The summed E-state index contributed by atoms with van der Waals surface area (Å²) < 4.78 is 38.6. The molecule has 140 valence electrons. The number of alkyl halides is 3. The van der Waals surface area contributed by atoms with Crippen LogP contribution in [0.4, 0.5) is 30.6 Å². The minimum Gasteiger partial charge on any atom is -0.350 e. The topological polar surface area (TPSA) is 49.8 Å². The second-order valence-electron chi connectivity index (χ2n) is 6.26. The second-order valence-corrected chi connectivity index (χ2v) is 6.26. The standard InChI is InChI=1S/C20H19F3N4/c1-13-5-3-6-15(9-13)12-24-19-25-14(2)10-18(27-19)26-17-8-4-7-16(11-17)20(21,22)23/h3-11H,12H2,1-2H3,(H2,24,25,26,27). The average molecular weight is 372 g/mol. The number of hydrogen-bond acceptors (Lipinski definition) is 4. The second kappa shape index (κ2) is 7.65. The van der Waals surface area contributed by atoms with Gasteiger partial charge in [-0.05, 0) is 37.6 Å². The molecule has 0 saturated carbocycles. The van der Waals surface area contributed by atoms with Crippen molar-refractivity contribution in [2.24, 2.45) is 0 Å². The van der Waals surface area contributed by atoms with Crippen molar-refractivity contribution >= 4 is 17.5 Å². The Labute approximate surface area is 155 Å². The van der Waals surface area contributed by atoms with Crippen LogP contribution in [0.1, 0.15) is 22.4 Å². The Morgan fingerprint density at radius 2 is 1.70 bits per heavy atom. The molecule has 2 N–H and O–H groups in total. The molecule has 7 heteroatoms. The van der Waals surface area contributed by atoms with E-state index in [4.69, 9.17) is 0 Å². The lowest BCUT2D eigenvalue weighted by Gasteiger charge is -2.12. The highest BCUT2D eigenvalue weighted by Crippen LogP contribution is 2.31. The van der Waals surface area contributed by atoms with Crippen LogP contribution in [-0.2, 0) is 12.7 Å². The number of halogens is 3. The van der Waals surface area contributed by atoms with E-state index in [-0.39, 0.29) is 0 Å². The number of nitrogens with zero attached hydrogens (tertiary/aromatic N) is 2. The molecule has 0 fully saturated rings. The highest BCUT2D eigenvalue weighted by molar-refractivity contribution is 5.58. The van der Waals surface area contributed by atoms with E-state index in [1.807, 2.05) is 25.1 Å². The summed E-state index contributed by atoms with van der Waals surface area (Å²) in [5, 5.41) is 6.06. The Kier molecular flexibility index (Phi) is 5.30. The molecule has 0 aliphatic carbocycles. The molecular formula is C20H19F3N4. The van der Waals surface area contributed by atoms with E-state index in [1.54, 1.807) is 19.1 Å². The molecule has 1 aromatic heterocycles. The number of aromatic nitrogens is 2. The first-order valence-corrected chi connectivity index (χ1v) is 8.39. The van der Waals surface area contributed by atoms with Crippen molar-refractivity contribution in [1.29, 1.82) is 0 Å². The largest absolute Gasteiger partial charge is 0.416 e. The summed E-state index contributed by atoms with van der Waals surface area (Å²) in [7, 11) is 0. The van der Waals surface area contributed by atoms with Gasteiger partial charge in [0, 0.05) is 24.0 Å². The fourth-order valence-electron chi connectivity index (χ4n) is 2.64. The summed E-state index contributed by atoms with van der Waals surface area (Å²) in [6, 6.07) is 14.7. The van der Waals surface area contributed by atoms with Crippen LogP contribution in [0.5, 0.6) is 0 Å². The first kappa shape index (κ1) is 18.7. The number of aryl methyl sites for hydroxylation is 2. The van der Waals surface area contributed by atoms with E-state index in [2.05, 4.69) is 26.7 Å². The lowest BCUT2D eigenvalue weighted by atomic mass is 10.1. The van der Waals surface area contributed by atoms with Gasteiger partial charge in [0.1, 0.15) is 5.82 Å². The molecule has 0 atom stereocenters. The molecule has 0 saturated heterocycles. The molecule has 27 heavy (non-hydrogen) atoms. The molecule has 0 spiro atoms. The highest BCUT2D eigenvalue weighted by atomic mass is 19.4. The zero-order valence-electron chi connectivity index (χ0n) is 14.9. The predicted octanol–water partition coefficient (Wildman–Crippen LogP) is 5.47. The molecule has 2 aromatic carbocycles. The normalized spacial score (nSPS) is 11.3. The summed E-state index contributed by atoms with van der Waals surface area (Å²) in [5.41, 5.74) is 2.55. The number of hydrogen-bond donors (Lipinski definition) is 2. The summed E-state index contributed by atoms with van der Waals surface area (Å²) in [4.78, 5) is 8.67. The van der Waals surface area contributed by atoms with Gasteiger partial charge in [0.25, 0.3) is 0 Å². The van der Waals surface area contributed by atoms with Gasteiger partial charge in [-0.2, -0.15) is 18.2 Å². The maximum atomic E-state index is 12.9. The molecular weight excluding hydrogens is 353 g/mol. The molecule has 0 radical (unpaired) electrons. The fraction of sp³-hybridized carbons (Fsp3) is 0.200. The van der Waals surface area contributed by atoms with Gasteiger partial charge in [0.05, 0.1) is 5.56 Å². The van der Waals surface area contributed by atoms with E-state index < -0.39 is 11.7 Å². The van der Waals surface area contributed by atoms with Crippen LogP contribution in [0.3, 0.4) is 0 Å². The molecule has 3 rings (SSSR count). The molecule has 0 aliphatic rings. The van der Waals surface area contributed by atoms with Crippen LogP contribution >= 0.6 is 0 Å². The lowest BCUT2D eigenvalue weighted by molar-refractivity contribution is -0.137. The summed E-state index contributed by atoms with van der Waals surface area (Å²) in [5.74, 6) is 0.833. The molecule has 0 unspecified atom stereocenters. The number of anilines is 3. The number of rotatable bonds is 5. The van der Waals surface area contributed by atoms with E-state index in [1.165, 1.54) is 6.07 Å². The van der Waals surface area contributed by atoms with Crippen LogP contribution in [0.2, 0.25) is 0 Å². The third-order valence-electron chi connectivity index (χ3n) is 3.85. The molecule has 0 amide bonds. The van der Waals surface area contributed by atoms with Crippen molar-refractivity contribution < 1.29 is 13.2 Å². The highest BCUT2D eigenvalue weighted by Gasteiger charge is 2.30. The van der Waals surface area contributed by atoms with Crippen molar-refractivity contribution in [2.45, 2.75) is 26.6 Å². The monoisotopic (exact) mass is 372 g/mol. The molecule has 0 aliphatic heterocycles. The van der Waals surface area contributed by atoms with Gasteiger partial charge in [-0.3, -0.25) is 0 Å². The molecule has 4 nitrogen and oxygen atoms in total. The van der Waals surface area contributed by atoms with Gasteiger partial charge in [-0.15, -0.1) is 0 Å². The molecule has 0 bridgehead atoms. The van der Waals surface area contributed by atoms with Gasteiger partial charge in [-0.1, -0.05) is 35.9 Å².